The molecule has 0 saturated carbocycles. The Morgan fingerprint density at radius 1 is 1.30 bits per heavy atom. The highest BCUT2D eigenvalue weighted by atomic mass is 19.4. The van der Waals surface area contributed by atoms with Gasteiger partial charge in [-0.1, -0.05) is 24.3 Å². The molecule has 2 rings (SSSR count). The smallest absolute Gasteiger partial charge is 0.372 e. The van der Waals surface area contributed by atoms with E-state index in [4.69, 9.17) is 0 Å². The van der Waals surface area contributed by atoms with Gasteiger partial charge in [0.1, 0.15) is 6.61 Å². The van der Waals surface area contributed by atoms with E-state index in [0.29, 0.717) is 12.8 Å². The maximum atomic E-state index is 11.9. The van der Waals surface area contributed by atoms with Gasteiger partial charge in [0.15, 0.2) is 0 Å². The lowest BCUT2D eigenvalue weighted by Gasteiger charge is -2.22. The Morgan fingerprint density at radius 2 is 2.05 bits per heavy atom. The lowest BCUT2D eigenvalue weighted by atomic mass is 9.79. The van der Waals surface area contributed by atoms with Gasteiger partial charge in [-0.15, -0.1) is 0 Å². The molecule has 0 radical (unpaired) electrons. The lowest BCUT2D eigenvalue weighted by Crippen LogP contribution is -2.22. The van der Waals surface area contributed by atoms with Crippen LogP contribution >= 0.6 is 0 Å². The van der Waals surface area contributed by atoms with Crippen LogP contribution in [0, 0.1) is 11.3 Å². The summed E-state index contributed by atoms with van der Waals surface area (Å²) >= 11 is 0. The van der Waals surface area contributed by atoms with Crippen LogP contribution in [0.4, 0.5) is 13.2 Å². The fraction of sp³-hybridized carbons (Fsp3) is 0.533. The Kier molecular flexibility index (Phi) is 4.34. The Morgan fingerprint density at radius 3 is 2.75 bits per heavy atom. The fourth-order valence-corrected chi connectivity index (χ4v) is 2.78. The monoisotopic (exact) mass is 283 g/mol. The van der Waals surface area contributed by atoms with Crippen LogP contribution in [0.15, 0.2) is 24.3 Å². The summed E-state index contributed by atoms with van der Waals surface area (Å²) in [6.45, 7) is -1.19. The Labute approximate surface area is 116 Å². The molecule has 1 unspecified atom stereocenters. The predicted octanol–water partition coefficient (Wildman–Crippen LogP) is 3.75. The van der Waals surface area contributed by atoms with Gasteiger partial charge in [0.2, 0.25) is 0 Å². The van der Waals surface area contributed by atoms with Crippen LogP contribution in [0.25, 0.3) is 0 Å². The van der Waals surface area contributed by atoms with Gasteiger partial charge >= 0.3 is 6.18 Å². The van der Waals surface area contributed by atoms with E-state index in [1.807, 2.05) is 24.3 Å². The van der Waals surface area contributed by atoms with Gasteiger partial charge in [0.25, 0.3) is 0 Å². The summed E-state index contributed by atoms with van der Waals surface area (Å²) in [6, 6.07) is 10.2. The minimum absolute atomic E-state index is 0.0328. The van der Waals surface area contributed by atoms with E-state index in [9.17, 15) is 18.4 Å². The van der Waals surface area contributed by atoms with Crippen molar-refractivity contribution in [3.63, 3.8) is 0 Å². The van der Waals surface area contributed by atoms with Crippen LogP contribution in [0.1, 0.15) is 30.4 Å². The molecule has 1 aliphatic carbocycles. The highest BCUT2D eigenvalue weighted by Crippen LogP contribution is 2.41. The van der Waals surface area contributed by atoms with Gasteiger partial charge in [0, 0.05) is 6.61 Å². The zero-order valence-electron chi connectivity index (χ0n) is 11.0. The fourth-order valence-electron chi connectivity index (χ4n) is 2.78. The van der Waals surface area contributed by atoms with Gasteiger partial charge in [-0.05, 0) is 36.8 Å². The number of ether oxygens (including phenoxy) is 1. The molecular formula is C15H16F3NO. The minimum atomic E-state index is -4.28. The van der Waals surface area contributed by atoms with Crippen LogP contribution in [-0.2, 0) is 16.6 Å². The number of hydrogen-bond donors (Lipinski definition) is 0. The summed E-state index contributed by atoms with van der Waals surface area (Å²) in [4.78, 5) is 0. The number of alkyl halides is 3. The maximum Gasteiger partial charge on any atom is 0.411 e. The molecule has 2 nitrogen and oxygen atoms in total. The molecule has 20 heavy (non-hydrogen) atoms. The van der Waals surface area contributed by atoms with Crippen molar-refractivity contribution < 1.29 is 17.9 Å². The number of rotatable bonds is 5. The predicted molar refractivity (Wildman–Crippen MR) is 68.2 cm³/mol. The molecule has 108 valence electrons. The van der Waals surface area contributed by atoms with Crippen LogP contribution in [0.5, 0.6) is 0 Å². The number of fused-ring (bicyclic) bond motifs is 1. The summed E-state index contributed by atoms with van der Waals surface area (Å²) in [5, 5.41) is 9.48. The van der Waals surface area contributed by atoms with Crippen molar-refractivity contribution in [3.05, 3.63) is 35.4 Å². The second kappa shape index (κ2) is 5.84. The molecule has 1 aliphatic rings. The first-order valence-electron chi connectivity index (χ1n) is 6.61. The number of benzene rings is 1. The molecule has 0 N–H and O–H groups in total. The quantitative estimate of drug-likeness (QED) is 0.771. The molecule has 1 aromatic carbocycles. The first-order valence-corrected chi connectivity index (χ1v) is 6.61. The van der Waals surface area contributed by atoms with Gasteiger partial charge in [-0.25, -0.2) is 0 Å². The van der Waals surface area contributed by atoms with Crippen molar-refractivity contribution in [2.45, 2.75) is 37.3 Å². The number of nitriles is 1. The molecule has 5 heteroatoms. The largest absolute Gasteiger partial charge is 0.411 e. The maximum absolute atomic E-state index is 11.9. The zero-order valence-corrected chi connectivity index (χ0v) is 11.0. The van der Waals surface area contributed by atoms with Crippen molar-refractivity contribution in [3.8, 4) is 6.07 Å². The first kappa shape index (κ1) is 14.9. The van der Waals surface area contributed by atoms with Crippen molar-refractivity contribution >= 4 is 0 Å². The van der Waals surface area contributed by atoms with Crippen LogP contribution in [-0.4, -0.2) is 19.4 Å². The Bertz CT molecular complexity index is 507. The van der Waals surface area contributed by atoms with Gasteiger partial charge < -0.3 is 4.74 Å². The Hall–Kier alpha value is -1.54. The number of hydrogen-bond acceptors (Lipinski definition) is 2. The molecular weight excluding hydrogens is 267 g/mol. The third-order valence-electron chi connectivity index (χ3n) is 3.73. The minimum Gasteiger partial charge on any atom is -0.372 e. The molecule has 0 amide bonds. The zero-order chi connectivity index (χ0) is 14.6. The third-order valence-corrected chi connectivity index (χ3v) is 3.73. The van der Waals surface area contributed by atoms with Crippen LogP contribution < -0.4 is 0 Å². The third kappa shape index (κ3) is 3.31. The Balaban J connectivity index is 1.90. The molecule has 0 saturated heterocycles. The van der Waals surface area contributed by atoms with Crippen molar-refractivity contribution in [2.24, 2.45) is 0 Å². The van der Waals surface area contributed by atoms with E-state index in [2.05, 4.69) is 10.8 Å². The number of halogens is 3. The summed E-state index contributed by atoms with van der Waals surface area (Å²) < 4.78 is 40.4. The second-order valence-corrected chi connectivity index (χ2v) is 5.12. The summed E-state index contributed by atoms with van der Waals surface area (Å²) in [7, 11) is 0. The van der Waals surface area contributed by atoms with E-state index >= 15 is 0 Å². The van der Waals surface area contributed by atoms with E-state index in [0.717, 1.165) is 18.4 Å². The summed E-state index contributed by atoms with van der Waals surface area (Å²) in [5.74, 6) is 0. The van der Waals surface area contributed by atoms with E-state index in [1.165, 1.54) is 5.56 Å². The van der Waals surface area contributed by atoms with Crippen LogP contribution in [0.3, 0.4) is 0 Å². The number of aryl methyl sites for hydroxylation is 1. The SMILES string of the molecule is N#CC1(CCCOCC(F)(F)F)CCc2ccccc21. The molecule has 0 spiro atoms. The van der Waals surface area contributed by atoms with Crippen LogP contribution in [0.2, 0.25) is 0 Å². The summed E-state index contributed by atoms with van der Waals surface area (Å²) in [5.41, 5.74) is 1.64. The van der Waals surface area contributed by atoms with Crippen molar-refractivity contribution in [1.82, 2.24) is 0 Å². The average Bonchev–Trinajstić information content (AvgIpc) is 2.77. The van der Waals surface area contributed by atoms with E-state index < -0.39 is 18.2 Å². The van der Waals surface area contributed by atoms with E-state index in [-0.39, 0.29) is 6.61 Å². The molecule has 1 aromatic rings. The molecule has 1 atom stereocenters. The topological polar surface area (TPSA) is 33.0 Å². The lowest BCUT2D eigenvalue weighted by molar-refractivity contribution is -0.174. The number of nitrogens with zero attached hydrogens (tertiary/aromatic N) is 1. The van der Waals surface area contributed by atoms with Crippen molar-refractivity contribution in [1.29, 1.82) is 5.26 Å². The first-order chi connectivity index (χ1) is 9.47. The average molecular weight is 283 g/mol. The standard InChI is InChI=1S/C15H16F3NO/c16-15(17,18)11-20-9-3-7-14(10-19)8-6-12-4-1-2-5-13(12)14/h1-2,4-5H,3,6-9,11H2. The van der Waals surface area contributed by atoms with Gasteiger partial charge in [-0.3, -0.25) is 0 Å². The molecule has 0 fully saturated rings. The molecule has 0 aromatic heterocycles. The molecule has 0 heterocycles. The van der Waals surface area contributed by atoms with E-state index in [1.54, 1.807) is 0 Å². The van der Waals surface area contributed by atoms with Gasteiger partial charge in [-0.2, -0.15) is 18.4 Å². The highest BCUT2D eigenvalue weighted by Gasteiger charge is 2.38. The molecule has 0 aliphatic heterocycles. The summed E-state index contributed by atoms with van der Waals surface area (Å²) in [6.07, 6.45) is -1.70. The normalized spacial score (nSPS) is 21.5. The second-order valence-electron chi connectivity index (χ2n) is 5.12. The highest BCUT2D eigenvalue weighted by molar-refractivity contribution is 5.43. The van der Waals surface area contributed by atoms with Crippen molar-refractivity contribution in [2.75, 3.05) is 13.2 Å². The van der Waals surface area contributed by atoms with Gasteiger partial charge in [0.05, 0.1) is 11.5 Å². The molecule has 0 bridgehead atoms.